The molecule has 1 aromatic rings. The Hall–Kier alpha value is -0.640. The van der Waals surface area contributed by atoms with E-state index in [0.29, 0.717) is 5.95 Å². The second kappa shape index (κ2) is 3.51. The number of aryl methyl sites for hydroxylation is 2. The Morgan fingerprint density at radius 3 is 1.90 bits per heavy atom. The molecule has 0 fully saturated rings. The molecule has 0 unspecified atom stereocenters. The van der Waals surface area contributed by atoms with Crippen molar-refractivity contribution in [2.24, 2.45) is 0 Å². The lowest BCUT2D eigenvalue weighted by molar-refractivity contribution is 1.07. The molecule has 1 aromatic heterocycles. The molecule has 4 heteroatoms. The van der Waals surface area contributed by atoms with E-state index in [1.807, 2.05) is 19.9 Å². The highest BCUT2D eigenvalue weighted by molar-refractivity contribution is 8.93. The Balaban J connectivity index is 0.000000810. The van der Waals surface area contributed by atoms with E-state index in [1.165, 1.54) is 0 Å². The summed E-state index contributed by atoms with van der Waals surface area (Å²) in [4.78, 5) is 7.80. The number of nitrogen functional groups attached to an aromatic ring is 1. The number of rotatable bonds is 0. The van der Waals surface area contributed by atoms with Gasteiger partial charge >= 0.3 is 0 Å². The van der Waals surface area contributed by atoms with E-state index in [2.05, 4.69) is 9.97 Å². The predicted octanol–water partition coefficient (Wildman–Crippen LogP) is 1.25. The van der Waals surface area contributed by atoms with E-state index in [1.54, 1.807) is 0 Å². The second-order valence-corrected chi connectivity index (χ2v) is 2.01. The molecule has 1 heterocycles. The minimum Gasteiger partial charge on any atom is -0.368 e. The van der Waals surface area contributed by atoms with Crippen molar-refractivity contribution in [3.05, 3.63) is 17.5 Å². The fourth-order valence-electron chi connectivity index (χ4n) is 0.753. The van der Waals surface area contributed by atoms with Gasteiger partial charge in [0.25, 0.3) is 0 Å². The average molecular weight is 204 g/mol. The Bertz CT molecular complexity index is 174. The average Bonchev–Trinajstić information content (AvgIpc) is 1.59. The standard InChI is InChI=1S/C6H9N3.BrH/c1-4-3-5(2)9-6(7)8-4;/h3H,1-2H3,(H2,7,8,9);1H. The molecule has 0 aliphatic carbocycles. The molecule has 0 radical (unpaired) electrons. The normalized spacial score (nSPS) is 8.60. The van der Waals surface area contributed by atoms with Crippen molar-refractivity contribution in [1.29, 1.82) is 0 Å². The van der Waals surface area contributed by atoms with Crippen molar-refractivity contribution >= 4 is 22.9 Å². The van der Waals surface area contributed by atoms with Crippen molar-refractivity contribution in [1.82, 2.24) is 9.97 Å². The number of nitrogens with two attached hydrogens (primary N) is 1. The molecular formula is C6H10BrN3. The van der Waals surface area contributed by atoms with Crippen LogP contribution < -0.4 is 5.73 Å². The zero-order valence-electron chi connectivity index (χ0n) is 5.96. The van der Waals surface area contributed by atoms with Gasteiger partial charge in [-0.25, -0.2) is 9.97 Å². The quantitative estimate of drug-likeness (QED) is 0.691. The van der Waals surface area contributed by atoms with Crippen LogP contribution in [0.4, 0.5) is 5.95 Å². The summed E-state index contributed by atoms with van der Waals surface area (Å²) in [5.41, 5.74) is 7.17. The van der Waals surface area contributed by atoms with Crippen molar-refractivity contribution in [3.63, 3.8) is 0 Å². The van der Waals surface area contributed by atoms with Crippen LogP contribution in [0.15, 0.2) is 6.07 Å². The highest BCUT2D eigenvalue weighted by Gasteiger charge is 1.90. The van der Waals surface area contributed by atoms with Gasteiger partial charge in [-0.2, -0.15) is 0 Å². The monoisotopic (exact) mass is 203 g/mol. The van der Waals surface area contributed by atoms with Gasteiger partial charge < -0.3 is 5.73 Å². The topological polar surface area (TPSA) is 51.8 Å². The van der Waals surface area contributed by atoms with Crippen molar-refractivity contribution in [2.75, 3.05) is 5.73 Å². The van der Waals surface area contributed by atoms with Crippen LogP contribution in [0.25, 0.3) is 0 Å². The zero-order chi connectivity index (χ0) is 6.85. The summed E-state index contributed by atoms with van der Waals surface area (Å²) < 4.78 is 0. The van der Waals surface area contributed by atoms with Crippen molar-refractivity contribution in [2.45, 2.75) is 13.8 Å². The molecule has 0 saturated heterocycles. The minimum absolute atomic E-state index is 0. The van der Waals surface area contributed by atoms with Crippen LogP contribution in [-0.2, 0) is 0 Å². The molecule has 0 spiro atoms. The molecule has 0 aromatic carbocycles. The first-order valence-corrected chi connectivity index (χ1v) is 2.76. The van der Waals surface area contributed by atoms with E-state index in [4.69, 9.17) is 5.73 Å². The van der Waals surface area contributed by atoms with Gasteiger partial charge in [0.05, 0.1) is 0 Å². The zero-order valence-corrected chi connectivity index (χ0v) is 7.67. The number of halogens is 1. The van der Waals surface area contributed by atoms with Crippen LogP contribution in [-0.4, -0.2) is 9.97 Å². The number of aromatic nitrogens is 2. The molecular weight excluding hydrogens is 194 g/mol. The van der Waals surface area contributed by atoms with Gasteiger partial charge in [-0.1, -0.05) is 0 Å². The van der Waals surface area contributed by atoms with Crippen LogP contribution in [0.3, 0.4) is 0 Å². The van der Waals surface area contributed by atoms with Gasteiger partial charge in [-0.15, -0.1) is 17.0 Å². The summed E-state index contributed by atoms with van der Waals surface area (Å²) in [6.07, 6.45) is 0. The van der Waals surface area contributed by atoms with Gasteiger partial charge in [-0.3, -0.25) is 0 Å². The minimum atomic E-state index is 0. The van der Waals surface area contributed by atoms with E-state index in [-0.39, 0.29) is 17.0 Å². The lowest BCUT2D eigenvalue weighted by Crippen LogP contribution is -1.97. The maximum absolute atomic E-state index is 5.34. The first-order chi connectivity index (χ1) is 4.18. The molecule has 1 rings (SSSR count). The van der Waals surface area contributed by atoms with Crippen molar-refractivity contribution in [3.8, 4) is 0 Å². The Kier molecular flexibility index (Phi) is 3.28. The molecule has 2 N–H and O–H groups in total. The molecule has 3 nitrogen and oxygen atoms in total. The number of hydrogen-bond acceptors (Lipinski definition) is 3. The highest BCUT2D eigenvalue weighted by Crippen LogP contribution is 1.98. The molecule has 0 atom stereocenters. The van der Waals surface area contributed by atoms with Gasteiger partial charge in [0.2, 0.25) is 5.95 Å². The van der Waals surface area contributed by atoms with Gasteiger partial charge in [0, 0.05) is 11.4 Å². The molecule has 0 aliphatic rings. The first-order valence-electron chi connectivity index (χ1n) is 2.76. The van der Waals surface area contributed by atoms with Crippen LogP contribution in [0.1, 0.15) is 11.4 Å². The first kappa shape index (κ1) is 9.36. The number of nitrogens with zero attached hydrogens (tertiary/aromatic N) is 2. The molecule has 0 saturated carbocycles. The predicted molar refractivity (Wildman–Crippen MR) is 46.2 cm³/mol. The number of anilines is 1. The largest absolute Gasteiger partial charge is 0.368 e. The summed E-state index contributed by atoms with van der Waals surface area (Å²) in [6.45, 7) is 3.79. The number of hydrogen-bond donors (Lipinski definition) is 1. The third-order valence-electron chi connectivity index (χ3n) is 1.000. The van der Waals surface area contributed by atoms with E-state index < -0.39 is 0 Å². The van der Waals surface area contributed by atoms with Crippen LogP contribution in [0, 0.1) is 13.8 Å². The van der Waals surface area contributed by atoms with Crippen LogP contribution in [0.5, 0.6) is 0 Å². The van der Waals surface area contributed by atoms with Crippen LogP contribution in [0.2, 0.25) is 0 Å². The second-order valence-electron chi connectivity index (χ2n) is 2.01. The fourth-order valence-corrected chi connectivity index (χ4v) is 0.753. The molecule has 0 amide bonds. The lowest BCUT2D eigenvalue weighted by atomic mass is 10.4. The molecule has 10 heavy (non-hydrogen) atoms. The Morgan fingerprint density at radius 1 is 1.20 bits per heavy atom. The molecule has 0 bridgehead atoms. The summed E-state index contributed by atoms with van der Waals surface area (Å²) in [6, 6.07) is 1.89. The summed E-state index contributed by atoms with van der Waals surface area (Å²) in [7, 11) is 0. The third kappa shape index (κ3) is 2.31. The summed E-state index contributed by atoms with van der Waals surface area (Å²) >= 11 is 0. The smallest absolute Gasteiger partial charge is 0.220 e. The summed E-state index contributed by atoms with van der Waals surface area (Å²) in [5, 5.41) is 0. The lowest BCUT2D eigenvalue weighted by Gasteiger charge is -1.94. The van der Waals surface area contributed by atoms with Gasteiger partial charge in [-0.05, 0) is 19.9 Å². The van der Waals surface area contributed by atoms with E-state index >= 15 is 0 Å². The highest BCUT2D eigenvalue weighted by atomic mass is 79.9. The molecule has 0 aliphatic heterocycles. The molecule has 56 valence electrons. The van der Waals surface area contributed by atoms with Gasteiger partial charge in [0.1, 0.15) is 0 Å². The van der Waals surface area contributed by atoms with Gasteiger partial charge in [0.15, 0.2) is 0 Å². The SMILES string of the molecule is Br.Cc1cc(C)nc(N)n1. The van der Waals surface area contributed by atoms with E-state index in [0.717, 1.165) is 11.4 Å². The Labute approximate surface area is 70.5 Å². The fraction of sp³-hybridized carbons (Fsp3) is 0.333. The third-order valence-corrected chi connectivity index (χ3v) is 1.000. The summed E-state index contributed by atoms with van der Waals surface area (Å²) in [5.74, 6) is 0.354. The van der Waals surface area contributed by atoms with E-state index in [9.17, 15) is 0 Å². The van der Waals surface area contributed by atoms with Crippen molar-refractivity contribution < 1.29 is 0 Å². The maximum atomic E-state index is 5.34. The Morgan fingerprint density at radius 2 is 1.60 bits per heavy atom. The van der Waals surface area contributed by atoms with Crippen LogP contribution >= 0.6 is 17.0 Å². The maximum Gasteiger partial charge on any atom is 0.220 e.